The average molecular weight is 201 g/mol. The number of rotatable bonds is 5. The van der Waals surface area contributed by atoms with Crippen LogP contribution in [-0.2, 0) is 14.4 Å². The van der Waals surface area contributed by atoms with E-state index >= 15 is 0 Å². The summed E-state index contributed by atoms with van der Waals surface area (Å²) in [5.74, 6) is -0.942. The number of nitrogens with zero attached hydrogens (tertiary/aromatic N) is 1. The second kappa shape index (κ2) is 5.21. The highest BCUT2D eigenvalue weighted by molar-refractivity contribution is 5.89. The maximum absolute atomic E-state index is 11.5. The Balaban J connectivity index is 4.37. The van der Waals surface area contributed by atoms with Crippen molar-refractivity contribution in [1.82, 2.24) is 10.2 Å². The van der Waals surface area contributed by atoms with Gasteiger partial charge in [0.2, 0.25) is 18.2 Å². The van der Waals surface area contributed by atoms with Crippen LogP contribution in [0.5, 0.6) is 0 Å². The van der Waals surface area contributed by atoms with Gasteiger partial charge in [0.25, 0.3) is 0 Å². The zero-order valence-corrected chi connectivity index (χ0v) is 8.48. The Labute approximate surface area is 82.4 Å². The van der Waals surface area contributed by atoms with Crippen LogP contribution in [0.2, 0.25) is 0 Å². The molecule has 0 aromatic rings. The highest BCUT2D eigenvalue weighted by atomic mass is 16.2. The fourth-order valence-corrected chi connectivity index (χ4v) is 0.861. The van der Waals surface area contributed by atoms with Gasteiger partial charge in [0.15, 0.2) is 0 Å². The Morgan fingerprint density at radius 3 is 2.29 bits per heavy atom. The summed E-state index contributed by atoms with van der Waals surface area (Å²) in [5, 5.41) is 2.30. The summed E-state index contributed by atoms with van der Waals surface area (Å²) in [5.41, 5.74) is 5.03. The minimum Gasteiger partial charge on any atom is -0.368 e. The van der Waals surface area contributed by atoms with E-state index in [0.717, 1.165) is 0 Å². The molecule has 0 bridgehead atoms. The van der Waals surface area contributed by atoms with Crippen LogP contribution in [0.1, 0.15) is 13.8 Å². The van der Waals surface area contributed by atoms with Crippen LogP contribution in [0.25, 0.3) is 0 Å². The standard InChI is InChI=1S/C8H15N3O3/c1-5(10-4-12)8(14)11(3)6(2)7(9)13/h4-6H,1-3H3,(H2,9,13)(H,10,12)/t5-,6-/m0/s1. The van der Waals surface area contributed by atoms with Gasteiger partial charge in [0.05, 0.1) is 0 Å². The summed E-state index contributed by atoms with van der Waals surface area (Å²) < 4.78 is 0. The Hall–Kier alpha value is -1.59. The topological polar surface area (TPSA) is 92.5 Å². The summed E-state index contributed by atoms with van der Waals surface area (Å²) >= 11 is 0. The maximum Gasteiger partial charge on any atom is 0.245 e. The van der Waals surface area contributed by atoms with Crippen molar-refractivity contribution in [2.24, 2.45) is 5.73 Å². The molecule has 0 aromatic carbocycles. The Morgan fingerprint density at radius 1 is 1.43 bits per heavy atom. The first kappa shape index (κ1) is 12.4. The van der Waals surface area contributed by atoms with E-state index in [0.29, 0.717) is 6.41 Å². The molecular weight excluding hydrogens is 186 g/mol. The number of carbonyl (C=O) groups is 3. The number of carbonyl (C=O) groups excluding carboxylic acids is 3. The van der Waals surface area contributed by atoms with E-state index in [2.05, 4.69) is 5.32 Å². The first-order chi connectivity index (χ1) is 6.41. The number of nitrogens with one attached hydrogen (secondary N) is 1. The number of amides is 3. The zero-order chi connectivity index (χ0) is 11.3. The van der Waals surface area contributed by atoms with Crippen LogP contribution >= 0.6 is 0 Å². The molecule has 6 heteroatoms. The van der Waals surface area contributed by atoms with Crippen LogP contribution < -0.4 is 11.1 Å². The van der Waals surface area contributed by atoms with E-state index < -0.39 is 18.0 Å². The Bertz CT molecular complexity index is 242. The van der Waals surface area contributed by atoms with Crippen LogP contribution in [-0.4, -0.2) is 42.3 Å². The highest BCUT2D eigenvalue weighted by Crippen LogP contribution is 1.98. The van der Waals surface area contributed by atoms with Gasteiger partial charge in [-0.25, -0.2) is 0 Å². The lowest BCUT2D eigenvalue weighted by molar-refractivity contribution is -0.139. The van der Waals surface area contributed by atoms with E-state index in [1.54, 1.807) is 0 Å². The molecule has 80 valence electrons. The van der Waals surface area contributed by atoms with Crippen molar-refractivity contribution in [3.05, 3.63) is 0 Å². The molecule has 0 unspecified atom stereocenters. The van der Waals surface area contributed by atoms with Gasteiger partial charge in [-0.15, -0.1) is 0 Å². The number of hydrogen-bond acceptors (Lipinski definition) is 3. The zero-order valence-electron chi connectivity index (χ0n) is 8.48. The van der Waals surface area contributed by atoms with Gasteiger partial charge >= 0.3 is 0 Å². The fraction of sp³-hybridized carbons (Fsp3) is 0.625. The number of nitrogens with two attached hydrogens (primary N) is 1. The summed E-state index contributed by atoms with van der Waals surface area (Å²) in [6.07, 6.45) is 0.436. The molecule has 0 spiro atoms. The molecule has 0 saturated carbocycles. The molecule has 0 aliphatic rings. The Morgan fingerprint density at radius 2 is 1.93 bits per heavy atom. The molecule has 0 rings (SSSR count). The molecule has 0 fully saturated rings. The van der Waals surface area contributed by atoms with E-state index in [1.165, 1.54) is 25.8 Å². The second-order valence-electron chi connectivity index (χ2n) is 3.03. The molecule has 0 aliphatic carbocycles. The van der Waals surface area contributed by atoms with Gasteiger partial charge in [-0.2, -0.15) is 0 Å². The molecule has 2 atom stereocenters. The molecule has 0 saturated heterocycles. The first-order valence-corrected chi connectivity index (χ1v) is 4.17. The molecule has 6 nitrogen and oxygen atoms in total. The lowest BCUT2D eigenvalue weighted by Crippen LogP contribution is -2.50. The van der Waals surface area contributed by atoms with Crippen molar-refractivity contribution in [3.63, 3.8) is 0 Å². The molecule has 0 heterocycles. The number of likely N-dealkylation sites (N-methyl/N-ethyl adjacent to an activating group) is 1. The van der Waals surface area contributed by atoms with Crippen LogP contribution in [0, 0.1) is 0 Å². The third-order valence-corrected chi connectivity index (χ3v) is 2.03. The average Bonchev–Trinajstić information content (AvgIpc) is 2.14. The quantitative estimate of drug-likeness (QED) is 0.527. The van der Waals surface area contributed by atoms with E-state index in [9.17, 15) is 14.4 Å². The summed E-state index contributed by atoms with van der Waals surface area (Å²) in [4.78, 5) is 33.5. The molecule has 0 aromatic heterocycles. The van der Waals surface area contributed by atoms with E-state index in [4.69, 9.17) is 5.73 Å². The number of hydrogen-bond donors (Lipinski definition) is 2. The maximum atomic E-state index is 11.5. The van der Waals surface area contributed by atoms with Gasteiger partial charge in [0.1, 0.15) is 12.1 Å². The van der Waals surface area contributed by atoms with Crippen molar-refractivity contribution in [3.8, 4) is 0 Å². The van der Waals surface area contributed by atoms with Gasteiger partial charge in [0, 0.05) is 7.05 Å². The molecule has 0 radical (unpaired) electrons. The van der Waals surface area contributed by atoms with Gasteiger partial charge in [-0.3, -0.25) is 14.4 Å². The molecular formula is C8H15N3O3. The van der Waals surface area contributed by atoms with Gasteiger partial charge < -0.3 is 16.0 Å². The van der Waals surface area contributed by atoms with Gasteiger partial charge in [-0.05, 0) is 13.8 Å². The third kappa shape index (κ3) is 3.04. The largest absolute Gasteiger partial charge is 0.368 e. The van der Waals surface area contributed by atoms with Gasteiger partial charge in [-0.1, -0.05) is 0 Å². The summed E-state index contributed by atoms with van der Waals surface area (Å²) in [6, 6.07) is -1.34. The first-order valence-electron chi connectivity index (χ1n) is 4.17. The van der Waals surface area contributed by atoms with Crippen molar-refractivity contribution < 1.29 is 14.4 Å². The minimum absolute atomic E-state index is 0.358. The fourth-order valence-electron chi connectivity index (χ4n) is 0.861. The second-order valence-corrected chi connectivity index (χ2v) is 3.03. The third-order valence-electron chi connectivity index (χ3n) is 2.03. The smallest absolute Gasteiger partial charge is 0.245 e. The summed E-state index contributed by atoms with van der Waals surface area (Å²) in [7, 11) is 1.46. The SMILES string of the molecule is C[C@H](NC=O)C(=O)N(C)[C@@H](C)C(N)=O. The van der Waals surface area contributed by atoms with Crippen molar-refractivity contribution in [2.75, 3.05) is 7.05 Å². The van der Waals surface area contributed by atoms with Crippen LogP contribution in [0.15, 0.2) is 0 Å². The molecule has 3 N–H and O–H groups in total. The predicted molar refractivity (Wildman–Crippen MR) is 50.1 cm³/mol. The van der Waals surface area contributed by atoms with E-state index in [-0.39, 0.29) is 5.91 Å². The monoisotopic (exact) mass is 201 g/mol. The van der Waals surface area contributed by atoms with Crippen molar-refractivity contribution >= 4 is 18.2 Å². The normalized spacial score (nSPS) is 13.9. The molecule has 0 aliphatic heterocycles. The lowest BCUT2D eigenvalue weighted by atomic mass is 10.2. The predicted octanol–water partition coefficient (Wildman–Crippen LogP) is -1.55. The number of primary amides is 1. The van der Waals surface area contributed by atoms with E-state index in [1.807, 2.05) is 0 Å². The lowest BCUT2D eigenvalue weighted by Gasteiger charge is -2.25. The highest BCUT2D eigenvalue weighted by Gasteiger charge is 2.23. The van der Waals surface area contributed by atoms with Crippen LogP contribution in [0.4, 0.5) is 0 Å². The van der Waals surface area contributed by atoms with Crippen molar-refractivity contribution in [2.45, 2.75) is 25.9 Å². The Kier molecular flexibility index (Phi) is 4.62. The van der Waals surface area contributed by atoms with Crippen molar-refractivity contribution in [1.29, 1.82) is 0 Å². The molecule has 3 amide bonds. The molecule has 14 heavy (non-hydrogen) atoms. The van der Waals surface area contributed by atoms with Crippen LogP contribution in [0.3, 0.4) is 0 Å². The summed E-state index contributed by atoms with van der Waals surface area (Å²) in [6.45, 7) is 3.05. The minimum atomic E-state index is -0.682.